The number of rotatable bonds is 7. The molecule has 1 aliphatic carbocycles. The van der Waals surface area contributed by atoms with Gasteiger partial charge in [0.25, 0.3) is 0 Å². The van der Waals surface area contributed by atoms with Gasteiger partial charge in [0.2, 0.25) is 15.0 Å². The van der Waals surface area contributed by atoms with Crippen molar-refractivity contribution in [2.24, 2.45) is 5.16 Å². The molecular weight excluding hydrogens is 469 g/mol. The average molecular weight is 495 g/mol. The smallest absolute Gasteiger partial charge is 0.247 e. The number of halogens is 3. The second-order valence-electron chi connectivity index (χ2n) is 8.71. The molecular formula is C23H25F3N4O3S. The van der Waals surface area contributed by atoms with Crippen LogP contribution in [0.2, 0.25) is 0 Å². The fraction of sp³-hybridized carbons (Fsp3) is 0.478. The molecule has 0 unspecified atom stereocenters. The molecule has 2 fully saturated rings. The minimum atomic E-state index is -4.25. The quantitative estimate of drug-likeness (QED) is 0.465. The summed E-state index contributed by atoms with van der Waals surface area (Å²) in [5, 5.41) is 1.75. The van der Waals surface area contributed by atoms with Gasteiger partial charge < -0.3 is 9.74 Å². The summed E-state index contributed by atoms with van der Waals surface area (Å²) in [7, 11) is -4.25. The Morgan fingerprint density at radius 3 is 2.91 bits per heavy atom. The van der Waals surface area contributed by atoms with Gasteiger partial charge >= 0.3 is 0 Å². The Hall–Kier alpha value is -2.84. The molecule has 1 aromatic heterocycles. The van der Waals surface area contributed by atoms with E-state index in [1.165, 1.54) is 18.2 Å². The molecule has 1 aromatic rings. The Bertz CT molecular complexity index is 1190. The van der Waals surface area contributed by atoms with Crippen molar-refractivity contribution < 1.29 is 26.4 Å². The van der Waals surface area contributed by atoms with E-state index in [1.807, 2.05) is 13.0 Å². The summed E-state index contributed by atoms with van der Waals surface area (Å²) in [6.07, 6.45) is 8.80. The molecule has 182 valence electrons. The van der Waals surface area contributed by atoms with E-state index in [1.54, 1.807) is 11.1 Å². The van der Waals surface area contributed by atoms with Crippen molar-refractivity contribution in [2.75, 3.05) is 13.1 Å². The van der Waals surface area contributed by atoms with Crippen LogP contribution in [0.4, 0.5) is 13.2 Å². The molecule has 0 spiro atoms. The van der Waals surface area contributed by atoms with Crippen LogP contribution >= 0.6 is 0 Å². The predicted molar refractivity (Wildman–Crippen MR) is 121 cm³/mol. The van der Waals surface area contributed by atoms with Crippen LogP contribution in [0.3, 0.4) is 0 Å². The first-order chi connectivity index (χ1) is 16.1. The topological polar surface area (TPSA) is 83.9 Å². The van der Waals surface area contributed by atoms with Crippen molar-refractivity contribution in [2.45, 2.75) is 55.9 Å². The molecule has 11 heteroatoms. The lowest BCUT2D eigenvalue weighted by atomic mass is 10.0. The van der Waals surface area contributed by atoms with Crippen molar-refractivity contribution in [3.63, 3.8) is 0 Å². The van der Waals surface area contributed by atoms with Crippen LogP contribution in [0, 0.1) is 19.3 Å². The highest BCUT2D eigenvalue weighted by atomic mass is 32.2. The third kappa shape index (κ3) is 5.13. The highest BCUT2D eigenvalue weighted by molar-refractivity contribution is 7.91. The normalized spacial score (nSPS) is 26.4. The van der Waals surface area contributed by atoms with Crippen molar-refractivity contribution in [1.29, 1.82) is 0 Å². The first-order valence-corrected chi connectivity index (χ1v) is 12.4. The van der Waals surface area contributed by atoms with E-state index < -0.39 is 39.2 Å². The summed E-state index contributed by atoms with van der Waals surface area (Å²) in [6.45, 7) is 1.74. The van der Waals surface area contributed by atoms with E-state index in [0.29, 0.717) is 17.1 Å². The number of hydrogen-bond donors (Lipinski definition) is 1. The van der Waals surface area contributed by atoms with Gasteiger partial charge in [-0.15, -0.1) is 6.42 Å². The number of aryl methyl sites for hydroxylation is 1. The maximum atomic E-state index is 14.6. The summed E-state index contributed by atoms with van der Waals surface area (Å²) in [5.74, 6) is 2.31. The molecule has 0 aromatic carbocycles. The van der Waals surface area contributed by atoms with Crippen LogP contribution < -0.4 is 4.72 Å². The fourth-order valence-electron chi connectivity index (χ4n) is 3.98. The zero-order valence-electron chi connectivity index (χ0n) is 18.5. The zero-order chi connectivity index (χ0) is 24.5. The van der Waals surface area contributed by atoms with Gasteiger partial charge in [-0.25, -0.2) is 26.3 Å². The Kier molecular flexibility index (Phi) is 6.73. The summed E-state index contributed by atoms with van der Waals surface area (Å²) >= 11 is 0. The van der Waals surface area contributed by atoms with Crippen molar-refractivity contribution in [1.82, 2.24) is 14.6 Å². The van der Waals surface area contributed by atoms with E-state index in [2.05, 4.69) is 20.8 Å². The molecule has 34 heavy (non-hydrogen) atoms. The van der Waals surface area contributed by atoms with Gasteiger partial charge in [0.15, 0.2) is 6.10 Å². The standard InChI is InChI=1S/C23H25F3N4O3S/c1-3-4-5-6-17(24)10-16-9-15(2)12-27-22(16)20-11-21(28-33-20)30-13-18(25)19(14-30)29-34(31,32)23(26)7-8-23/h1,4-6,9,12,18-20,29H,7-8,10-11,13-14H2,2H3/b5-4-,17-6+/t18-,19+,20-/m0/s1. The van der Waals surface area contributed by atoms with Crippen LogP contribution in [-0.2, 0) is 21.3 Å². The van der Waals surface area contributed by atoms with E-state index >= 15 is 0 Å². The number of nitrogens with zero attached hydrogens (tertiary/aromatic N) is 3. The third-order valence-electron chi connectivity index (χ3n) is 5.97. The maximum absolute atomic E-state index is 14.6. The van der Waals surface area contributed by atoms with Crippen LogP contribution in [0.5, 0.6) is 0 Å². The number of terminal acetylenes is 1. The predicted octanol–water partition coefficient (Wildman–Crippen LogP) is 3.15. The monoisotopic (exact) mass is 494 g/mol. The summed E-state index contributed by atoms with van der Waals surface area (Å²) < 4.78 is 69.4. The fourth-order valence-corrected chi connectivity index (χ4v) is 5.45. The Balaban J connectivity index is 1.42. The van der Waals surface area contributed by atoms with E-state index in [-0.39, 0.29) is 38.8 Å². The SMILES string of the molecule is C#C/C=C\C=C(\F)Cc1cc(C)cnc1[C@@H]1CC(N2C[C@H](F)[C@H](NS(=O)(=O)C3(F)CC3)C2)=NO1. The molecule has 0 radical (unpaired) electrons. The Labute approximate surface area is 196 Å². The van der Waals surface area contributed by atoms with E-state index in [0.717, 1.165) is 5.56 Å². The van der Waals surface area contributed by atoms with Gasteiger partial charge in [-0.3, -0.25) is 4.98 Å². The van der Waals surface area contributed by atoms with Gasteiger partial charge in [0, 0.05) is 32.0 Å². The first kappa shape index (κ1) is 24.3. The molecule has 0 bridgehead atoms. The lowest BCUT2D eigenvalue weighted by Gasteiger charge is -2.18. The molecule has 1 saturated carbocycles. The van der Waals surface area contributed by atoms with Gasteiger partial charge in [-0.1, -0.05) is 23.2 Å². The first-order valence-electron chi connectivity index (χ1n) is 10.9. The number of allylic oxidation sites excluding steroid dienone is 4. The maximum Gasteiger partial charge on any atom is 0.247 e. The molecule has 0 amide bonds. The summed E-state index contributed by atoms with van der Waals surface area (Å²) in [5.41, 5.74) is 1.98. The van der Waals surface area contributed by atoms with E-state index in [9.17, 15) is 21.6 Å². The van der Waals surface area contributed by atoms with Gasteiger partial charge in [0.1, 0.15) is 17.8 Å². The number of oxime groups is 1. The van der Waals surface area contributed by atoms with Crippen molar-refractivity contribution in [3.05, 3.63) is 53.1 Å². The van der Waals surface area contributed by atoms with Crippen molar-refractivity contribution >= 4 is 15.9 Å². The lowest BCUT2D eigenvalue weighted by molar-refractivity contribution is 0.0817. The average Bonchev–Trinajstić information content (AvgIpc) is 3.20. The second kappa shape index (κ2) is 9.43. The van der Waals surface area contributed by atoms with Crippen LogP contribution in [0.25, 0.3) is 0 Å². The van der Waals surface area contributed by atoms with E-state index in [4.69, 9.17) is 11.3 Å². The number of alkyl halides is 2. The molecule has 1 N–H and O–H groups in total. The number of pyridine rings is 1. The molecule has 3 heterocycles. The number of amidine groups is 1. The zero-order valence-corrected chi connectivity index (χ0v) is 19.4. The Morgan fingerprint density at radius 2 is 2.21 bits per heavy atom. The summed E-state index contributed by atoms with van der Waals surface area (Å²) in [6, 6.07) is 0.730. The number of nitrogens with one attached hydrogen (secondary N) is 1. The molecule has 3 aliphatic rings. The number of hydrogen-bond acceptors (Lipinski definition) is 6. The largest absolute Gasteiger partial charge is 0.384 e. The van der Waals surface area contributed by atoms with Crippen LogP contribution in [-0.4, -0.2) is 54.4 Å². The summed E-state index contributed by atoms with van der Waals surface area (Å²) in [4.78, 5) is 11.5. The number of sulfonamides is 1. The highest BCUT2D eigenvalue weighted by Gasteiger charge is 2.57. The number of likely N-dealkylation sites (tertiary alicyclic amines) is 1. The lowest BCUT2D eigenvalue weighted by Crippen LogP contribution is -2.45. The molecule has 1 saturated heterocycles. The van der Waals surface area contributed by atoms with Crippen LogP contribution in [0.1, 0.15) is 42.2 Å². The Morgan fingerprint density at radius 1 is 1.44 bits per heavy atom. The molecule has 2 aliphatic heterocycles. The molecule has 3 atom stereocenters. The number of aromatic nitrogens is 1. The van der Waals surface area contributed by atoms with Gasteiger partial charge in [0.05, 0.1) is 24.7 Å². The van der Waals surface area contributed by atoms with Gasteiger partial charge in [-0.2, -0.15) is 0 Å². The highest BCUT2D eigenvalue weighted by Crippen LogP contribution is 2.44. The molecule has 4 rings (SSSR count). The minimum Gasteiger partial charge on any atom is -0.384 e. The second-order valence-corrected chi connectivity index (χ2v) is 10.7. The van der Waals surface area contributed by atoms with Crippen molar-refractivity contribution in [3.8, 4) is 12.3 Å². The third-order valence-corrected chi connectivity index (χ3v) is 7.95. The van der Waals surface area contributed by atoms with Gasteiger partial charge in [-0.05, 0) is 30.2 Å². The minimum absolute atomic E-state index is 0.00154. The van der Waals surface area contributed by atoms with Crippen LogP contribution in [0.15, 0.2) is 41.5 Å². The molecule has 7 nitrogen and oxygen atoms in total.